The van der Waals surface area contributed by atoms with E-state index in [0.717, 1.165) is 18.4 Å². The summed E-state index contributed by atoms with van der Waals surface area (Å²) in [5, 5.41) is 2.80. The molecule has 138 valence electrons. The zero-order valence-electron chi connectivity index (χ0n) is 14.8. The van der Waals surface area contributed by atoms with Crippen LogP contribution in [0, 0.1) is 17.7 Å². The maximum absolute atomic E-state index is 13.3. The Kier molecular flexibility index (Phi) is 7.37. The van der Waals surface area contributed by atoms with Crippen LogP contribution < -0.4 is 11.1 Å². The van der Waals surface area contributed by atoms with Crippen LogP contribution in [0.25, 0.3) is 0 Å². The van der Waals surface area contributed by atoms with Crippen molar-refractivity contribution in [3.05, 3.63) is 35.6 Å². The summed E-state index contributed by atoms with van der Waals surface area (Å²) < 4.78 is 13.3. The first-order chi connectivity index (χ1) is 12.0. The van der Waals surface area contributed by atoms with Crippen molar-refractivity contribution in [3.8, 4) is 0 Å². The van der Waals surface area contributed by atoms with Crippen LogP contribution in [0.1, 0.15) is 31.7 Å². The number of nitrogens with zero attached hydrogens (tertiary/aromatic N) is 1. The molecule has 1 aliphatic rings. The van der Waals surface area contributed by atoms with Crippen molar-refractivity contribution in [1.29, 1.82) is 0 Å². The van der Waals surface area contributed by atoms with Crippen molar-refractivity contribution in [3.63, 3.8) is 0 Å². The molecule has 5 nitrogen and oxygen atoms in total. The van der Waals surface area contributed by atoms with Gasteiger partial charge in [0.1, 0.15) is 5.82 Å². The van der Waals surface area contributed by atoms with Gasteiger partial charge in [-0.2, -0.15) is 0 Å². The Bertz CT molecular complexity index is 594. The van der Waals surface area contributed by atoms with E-state index in [0.29, 0.717) is 39.0 Å². The molecule has 1 aromatic carbocycles. The first-order valence-electron chi connectivity index (χ1n) is 8.99. The molecule has 2 atom stereocenters. The van der Waals surface area contributed by atoms with Gasteiger partial charge >= 0.3 is 0 Å². The van der Waals surface area contributed by atoms with Crippen LogP contribution in [0.2, 0.25) is 0 Å². The van der Waals surface area contributed by atoms with Gasteiger partial charge in [0.15, 0.2) is 0 Å². The van der Waals surface area contributed by atoms with Crippen molar-refractivity contribution in [2.75, 3.05) is 26.2 Å². The third kappa shape index (κ3) is 6.12. The molecular weight excluding hydrogens is 321 g/mol. The highest BCUT2D eigenvalue weighted by Crippen LogP contribution is 2.20. The number of hydrogen-bond donors (Lipinski definition) is 2. The quantitative estimate of drug-likeness (QED) is 0.787. The van der Waals surface area contributed by atoms with Gasteiger partial charge in [0.25, 0.3) is 0 Å². The molecule has 0 radical (unpaired) electrons. The minimum atomic E-state index is -0.251. The van der Waals surface area contributed by atoms with E-state index in [1.54, 1.807) is 11.0 Å². The van der Waals surface area contributed by atoms with E-state index >= 15 is 0 Å². The molecule has 0 saturated carbocycles. The van der Waals surface area contributed by atoms with Crippen LogP contribution in [-0.4, -0.2) is 42.9 Å². The normalized spacial score (nSPS) is 18.7. The van der Waals surface area contributed by atoms with E-state index in [9.17, 15) is 14.0 Å². The number of benzene rings is 1. The second-order valence-corrected chi connectivity index (χ2v) is 6.90. The molecule has 0 aromatic heterocycles. The highest BCUT2D eigenvalue weighted by Gasteiger charge is 2.28. The number of likely N-dealkylation sites (tertiary alicyclic amines) is 1. The molecular formula is C19H28FN3O2. The van der Waals surface area contributed by atoms with Gasteiger partial charge in [-0.1, -0.05) is 19.1 Å². The molecule has 1 fully saturated rings. The zero-order valence-corrected chi connectivity index (χ0v) is 14.8. The second kappa shape index (κ2) is 9.51. The smallest absolute Gasteiger partial charge is 0.224 e. The van der Waals surface area contributed by atoms with Crippen molar-refractivity contribution in [2.45, 2.75) is 32.6 Å². The monoisotopic (exact) mass is 349 g/mol. The molecule has 1 aliphatic heterocycles. The summed E-state index contributed by atoms with van der Waals surface area (Å²) in [5.41, 5.74) is 6.31. The Morgan fingerprint density at radius 3 is 2.96 bits per heavy atom. The summed E-state index contributed by atoms with van der Waals surface area (Å²) in [4.78, 5) is 26.4. The highest BCUT2D eigenvalue weighted by atomic mass is 19.1. The van der Waals surface area contributed by atoms with Crippen molar-refractivity contribution in [2.24, 2.45) is 17.6 Å². The Hall–Kier alpha value is -1.95. The average Bonchev–Trinajstić information content (AvgIpc) is 2.59. The molecule has 2 unspecified atom stereocenters. The number of hydrogen-bond acceptors (Lipinski definition) is 3. The largest absolute Gasteiger partial charge is 0.355 e. The van der Waals surface area contributed by atoms with Gasteiger partial charge in [0, 0.05) is 32.6 Å². The van der Waals surface area contributed by atoms with Crippen molar-refractivity contribution < 1.29 is 14.0 Å². The molecule has 0 aliphatic carbocycles. The van der Waals surface area contributed by atoms with Crippen LogP contribution in [0.4, 0.5) is 4.39 Å². The summed E-state index contributed by atoms with van der Waals surface area (Å²) in [6.07, 6.45) is 2.72. The predicted octanol–water partition coefficient (Wildman–Crippen LogP) is 1.71. The van der Waals surface area contributed by atoms with Crippen molar-refractivity contribution >= 4 is 11.8 Å². The Morgan fingerprint density at radius 2 is 2.24 bits per heavy atom. The predicted molar refractivity (Wildman–Crippen MR) is 95.3 cm³/mol. The lowest BCUT2D eigenvalue weighted by Gasteiger charge is -2.32. The topological polar surface area (TPSA) is 75.4 Å². The van der Waals surface area contributed by atoms with E-state index in [-0.39, 0.29) is 29.5 Å². The van der Waals surface area contributed by atoms with Gasteiger partial charge in [0.2, 0.25) is 11.8 Å². The molecule has 0 spiro atoms. The van der Waals surface area contributed by atoms with Gasteiger partial charge in [0.05, 0.1) is 5.92 Å². The molecule has 2 amide bonds. The first-order valence-corrected chi connectivity index (χ1v) is 8.99. The number of halogens is 1. The molecule has 1 aromatic rings. The van der Waals surface area contributed by atoms with Gasteiger partial charge in [-0.05, 0) is 42.9 Å². The summed E-state index contributed by atoms with van der Waals surface area (Å²) in [6.45, 7) is 4.05. The van der Waals surface area contributed by atoms with Crippen LogP contribution in [-0.2, 0) is 16.0 Å². The molecule has 25 heavy (non-hydrogen) atoms. The standard InChI is InChI=1S/C19H28FN3O2/c1-14(10-15-4-2-6-17(20)12-15)11-18(24)23-9-3-5-16(13-23)19(25)22-8-7-21/h2,4,6,12,14,16H,3,5,7-11,13,21H2,1H3,(H,22,25). The third-order valence-corrected chi connectivity index (χ3v) is 4.58. The number of rotatable bonds is 7. The van der Waals surface area contributed by atoms with E-state index in [1.165, 1.54) is 12.1 Å². The maximum Gasteiger partial charge on any atom is 0.224 e. The molecule has 0 bridgehead atoms. The van der Waals surface area contributed by atoms with Gasteiger partial charge in [-0.15, -0.1) is 0 Å². The van der Waals surface area contributed by atoms with Crippen LogP contribution in [0.15, 0.2) is 24.3 Å². The number of nitrogens with two attached hydrogens (primary N) is 1. The molecule has 2 rings (SSSR count). The summed E-state index contributed by atoms with van der Waals surface area (Å²) >= 11 is 0. The summed E-state index contributed by atoms with van der Waals surface area (Å²) in [6, 6.07) is 6.50. The fourth-order valence-corrected chi connectivity index (χ4v) is 3.32. The molecule has 3 N–H and O–H groups in total. The number of carbonyl (C=O) groups is 2. The maximum atomic E-state index is 13.3. The minimum Gasteiger partial charge on any atom is -0.355 e. The number of piperidine rings is 1. The van der Waals surface area contributed by atoms with Crippen LogP contribution in [0.3, 0.4) is 0 Å². The van der Waals surface area contributed by atoms with Crippen LogP contribution in [0.5, 0.6) is 0 Å². The lowest BCUT2D eigenvalue weighted by Crippen LogP contribution is -2.46. The van der Waals surface area contributed by atoms with E-state index in [2.05, 4.69) is 5.32 Å². The zero-order chi connectivity index (χ0) is 18.2. The molecule has 1 heterocycles. The second-order valence-electron chi connectivity index (χ2n) is 6.90. The van der Waals surface area contributed by atoms with E-state index < -0.39 is 0 Å². The Balaban J connectivity index is 1.83. The fourth-order valence-electron chi connectivity index (χ4n) is 3.32. The lowest BCUT2D eigenvalue weighted by molar-refractivity contribution is -0.136. The van der Waals surface area contributed by atoms with E-state index in [1.807, 2.05) is 13.0 Å². The molecule has 1 saturated heterocycles. The molecule has 6 heteroatoms. The number of carbonyl (C=O) groups excluding carboxylic acids is 2. The third-order valence-electron chi connectivity index (χ3n) is 4.58. The number of amides is 2. The van der Waals surface area contributed by atoms with Gasteiger partial charge < -0.3 is 16.0 Å². The minimum absolute atomic E-state index is 0.0178. The Morgan fingerprint density at radius 1 is 1.44 bits per heavy atom. The SMILES string of the molecule is CC(CC(=O)N1CCCC(C(=O)NCCN)C1)Cc1cccc(F)c1. The first kappa shape index (κ1) is 19.4. The van der Waals surface area contributed by atoms with Gasteiger partial charge in [-0.3, -0.25) is 9.59 Å². The number of nitrogens with one attached hydrogen (secondary N) is 1. The summed E-state index contributed by atoms with van der Waals surface area (Å²) in [5.74, 6) is -0.224. The average molecular weight is 349 g/mol. The summed E-state index contributed by atoms with van der Waals surface area (Å²) in [7, 11) is 0. The Labute approximate surface area is 148 Å². The lowest BCUT2D eigenvalue weighted by atomic mass is 9.94. The van der Waals surface area contributed by atoms with Gasteiger partial charge in [-0.25, -0.2) is 4.39 Å². The van der Waals surface area contributed by atoms with Crippen LogP contribution >= 0.6 is 0 Å². The van der Waals surface area contributed by atoms with Crippen molar-refractivity contribution in [1.82, 2.24) is 10.2 Å². The fraction of sp³-hybridized carbons (Fsp3) is 0.579. The highest BCUT2D eigenvalue weighted by molar-refractivity contribution is 5.81. The van der Waals surface area contributed by atoms with E-state index in [4.69, 9.17) is 5.73 Å².